The van der Waals surface area contributed by atoms with Crippen LogP contribution in [0.25, 0.3) is 0 Å². The van der Waals surface area contributed by atoms with E-state index in [0.29, 0.717) is 38.8 Å². The number of carboxylic acid groups (broad SMARTS) is 1. The van der Waals surface area contributed by atoms with Gasteiger partial charge in [0.2, 0.25) is 0 Å². The average molecular weight is 243 g/mol. The van der Waals surface area contributed by atoms with Crippen LogP contribution in [0.1, 0.15) is 46.5 Å². The van der Waals surface area contributed by atoms with Gasteiger partial charge in [-0.15, -0.1) is 0 Å². The molecule has 0 aromatic carbocycles. The maximum Gasteiger partial charge on any atom is 0.310 e. The van der Waals surface area contributed by atoms with Crippen LogP contribution >= 0.6 is 0 Å². The van der Waals surface area contributed by atoms with Gasteiger partial charge in [0.25, 0.3) is 0 Å². The maximum absolute atomic E-state index is 11.3. The Balaban J connectivity index is 2.64. The zero-order chi connectivity index (χ0) is 13.1. The monoisotopic (exact) mass is 243 g/mol. The van der Waals surface area contributed by atoms with Crippen LogP contribution in [-0.2, 0) is 4.79 Å². The number of carboxylic acids is 1. The molecule has 0 spiro atoms. The number of aliphatic carboxylic acids is 1. The minimum Gasteiger partial charge on any atom is -0.481 e. The van der Waals surface area contributed by atoms with E-state index in [4.69, 9.17) is 0 Å². The van der Waals surface area contributed by atoms with Crippen molar-refractivity contribution >= 4 is 5.97 Å². The molecule has 1 aliphatic heterocycles. The number of carbonyl (C=O) groups is 1. The third kappa shape index (κ3) is 2.99. The molecule has 1 saturated heterocycles. The highest BCUT2D eigenvalue weighted by Crippen LogP contribution is 2.35. The molecule has 1 heterocycles. The molecule has 0 bridgehead atoms. The van der Waals surface area contributed by atoms with Crippen LogP contribution in [0.2, 0.25) is 0 Å². The molecule has 100 valence electrons. The van der Waals surface area contributed by atoms with Gasteiger partial charge in [0.1, 0.15) is 0 Å². The van der Waals surface area contributed by atoms with E-state index in [1.165, 1.54) is 0 Å². The molecule has 0 aromatic rings. The van der Waals surface area contributed by atoms with E-state index in [-0.39, 0.29) is 0 Å². The molecule has 4 heteroatoms. The summed E-state index contributed by atoms with van der Waals surface area (Å²) in [5.74, 6) is -0.695. The van der Waals surface area contributed by atoms with Gasteiger partial charge in [0.15, 0.2) is 0 Å². The number of β-amino-alcohol motifs (C(OH)–C–C–N with tert-alkyl or cyclic N) is 1. The number of hydrogen-bond acceptors (Lipinski definition) is 3. The van der Waals surface area contributed by atoms with Crippen molar-refractivity contribution in [2.75, 3.05) is 19.6 Å². The van der Waals surface area contributed by atoms with Crippen molar-refractivity contribution in [1.82, 2.24) is 4.90 Å². The zero-order valence-corrected chi connectivity index (χ0v) is 11.2. The molecule has 0 amide bonds. The Morgan fingerprint density at radius 3 is 2.29 bits per heavy atom. The first-order chi connectivity index (χ1) is 7.91. The number of aliphatic hydroxyl groups is 1. The molecule has 0 saturated carbocycles. The summed E-state index contributed by atoms with van der Waals surface area (Å²) in [5, 5.41) is 19.6. The zero-order valence-electron chi connectivity index (χ0n) is 11.2. The van der Waals surface area contributed by atoms with Crippen molar-refractivity contribution in [2.45, 2.75) is 52.1 Å². The van der Waals surface area contributed by atoms with E-state index < -0.39 is 17.0 Å². The lowest BCUT2D eigenvalue weighted by molar-refractivity contribution is -0.148. The highest BCUT2D eigenvalue weighted by atomic mass is 16.4. The van der Waals surface area contributed by atoms with Crippen LogP contribution in [0.5, 0.6) is 0 Å². The lowest BCUT2D eigenvalue weighted by Gasteiger charge is -2.31. The number of rotatable bonds is 6. The summed E-state index contributed by atoms with van der Waals surface area (Å²) >= 11 is 0. The molecule has 1 fully saturated rings. The fourth-order valence-electron chi connectivity index (χ4n) is 2.60. The highest BCUT2D eigenvalue weighted by molar-refractivity contribution is 5.75. The molecule has 0 radical (unpaired) electrons. The predicted molar refractivity (Wildman–Crippen MR) is 66.9 cm³/mol. The summed E-state index contributed by atoms with van der Waals surface area (Å²) in [4.78, 5) is 13.4. The molecular weight excluding hydrogens is 218 g/mol. The van der Waals surface area contributed by atoms with Gasteiger partial charge in [0, 0.05) is 13.1 Å². The summed E-state index contributed by atoms with van der Waals surface area (Å²) in [7, 11) is 0. The molecule has 4 nitrogen and oxygen atoms in total. The van der Waals surface area contributed by atoms with Gasteiger partial charge in [-0.2, -0.15) is 0 Å². The lowest BCUT2D eigenvalue weighted by Crippen LogP contribution is -2.43. The Morgan fingerprint density at radius 1 is 1.35 bits per heavy atom. The van der Waals surface area contributed by atoms with E-state index >= 15 is 0 Å². The summed E-state index contributed by atoms with van der Waals surface area (Å²) in [6, 6.07) is 0. The lowest BCUT2D eigenvalue weighted by atomic mass is 9.84. The fraction of sp³-hybridized carbons (Fsp3) is 0.923. The minimum absolute atomic E-state index is 0.571. The summed E-state index contributed by atoms with van der Waals surface area (Å²) in [5.41, 5.74) is -1.26. The first-order valence-electron chi connectivity index (χ1n) is 6.59. The van der Waals surface area contributed by atoms with Gasteiger partial charge in [-0.05, 0) is 32.2 Å². The molecule has 0 aliphatic carbocycles. The third-order valence-corrected chi connectivity index (χ3v) is 4.40. The van der Waals surface area contributed by atoms with Crippen LogP contribution in [0, 0.1) is 5.41 Å². The Labute approximate surface area is 104 Å². The largest absolute Gasteiger partial charge is 0.481 e. The number of likely N-dealkylation sites (tertiary alicyclic amines) is 1. The molecular formula is C13H25NO3. The summed E-state index contributed by atoms with van der Waals surface area (Å²) < 4.78 is 0. The van der Waals surface area contributed by atoms with Crippen molar-refractivity contribution in [1.29, 1.82) is 0 Å². The van der Waals surface area contributed by atoms with Crippen LogP contribution in [0.15, 0.2) is 0 Å². The third-order valence-electron chi connectivity index (χ3n) is 4.40. The van der Waals surface area contributed by atoms with Crippen molar-refractivity contribution < 1.29 is 15.0 Å². The van der Waals surface area contributed by atoms with E-state index in [0.717, 1.165) is 6.54 Å². The van der Waals surface area contributed by atoms with Gasteiger partial charge in [-0.25, -0.2) is 0 Å². The van der Waals surface area contributed by atoms with Gasteiger partial charge in [0.05, 0.1) is 11.0 Å². The number of nitrogens with zero attached hydrogens (tertiary/aromatic N) is 1. The van der Waals surface area contributed by atoms with Gasteiger partial charge in [-0.1, -0.05) is 20.8 Å². The topological polar surface area (TPSA) is 60.8 Å². The molecule has 17 heavy (non-hydrogen) atoms. The minimum atomic E-state index is -0.695. The Bertz CT molecular complexity index is 276. The molecule has 0 aromatic heterocycles. The Morgan fingerprint density at radius 2 is 1.94 bits per heavy atom. The van der Waals surface area contributed by atoms with Crippen molar-refractivity contribution in [3.05, 3.63) is 0 Å². The van der Waals surface area contributed by atoms with Crippen LogP contribution in [-0.4, -0.2) is 46.3 Å². The quantitative estimate of drug-likeness (QED) is 0.746. The van der Waals surface area contributed by atoms with Crippen molar-refractivity contribution in [3.8, 4) is 0 Å². The second-order valence-electron chi connectivity index (χ2n) is 5.33. The first-order valence-corrected chi connectivity index (χ1v) is 6.59. The first kappa shape index (κ1) is 14.5. The Kier molecular flexibility index (Phi) is 4.55. The fourth-order valence-corrected chi connectivity index (χ4v) is 2.60. The molecule has 1 unspecified atom stereocenters. The highest BCUT2D eigenvalue weighted by Gasteiger charge is 2.44. The second kappa shape index (κ2) is 5.36. The van der Waals surface area contributed by atoms with Crippen molar-refractivity contribution in [3.63, 3.8) is 0 Å². The Hall–Kier alpha value is -0.610. The normalized spacial score (nSPS) is 26.4. The van der Waals surface area contributed by atoms with Gasteiger partial charge in [-0.3, -0.25) is 9.69 Å². The molecule has 1 aliphatic rings. The van der Waals surface area contributed by atoms with Gasteiger partial charge < -0.3 is 10.2 Å². The maximum atomic E-state index is 11.3. The second-order valence-corrected chi connectivity index (χ2v) is 5.33. The number of hydrogen-bond donors (Lipinski definition) is 2. The molecule has 2 N–H and O–H groups in total. The summed E-state index contributed by atoms with van der Waals surface area (Å²) in [6.07, 6.45) is 2.79. The molecule has 1 atom stereocenters. The van der Waals surface area contributed by atoms with Crippen LogP contribution in [0.4, 0.5) is 0 Å². The van der Waals surface area contributed by atoms with E-state index in [2.05, 4.69) is 4.90 Å². The smallest absolute Gasteiger partial charge is 0.310 e. The summed E-state index contributed by atoms with van der Waals surface area (Å²) in [6.45, 7) is 7.83. The molecule has 1 rings (SSSR count). The van der Waals surface area contributed by atoms with Gasteiger partial charge >= 0.3 is 5.97 Å². The van der Waals surface area contributed by atoms with E-state index in [9.17, 15) is 15.0 Å². The van der Waals surface area contributed by atoms with Crippen molar-refractivity contribution in [2.24, 2.45) is 5.41 Å². The van der Waals surface area contributed by atoms with Crippen LogP contribution < -0.4 is 0 Å². The van der Waals surface area contributed by atoms with E-state index in [1.54, 1.807) is 0 Å². The standard InChI is InChI=1S/C13H25NO3/c1-4-12(11(15)16)7-8-14(9-12)10-13(17,5-2)6-3/h17H,4-10H2,1-3H3,(H,15,16). The predicted octanol–water partition coefficient (Wildman–Crippen LogP) is 1.72. The van der Waals surface area contributed by atoms with Crippen LogP contribution in [0.3, 0.4) is 0 Å². The van der Waals surface area contributed by atoms with E-state index in [1.807, 2.05) is 20.8 Å². The SMILES string of the molecule is CCC(O)(CC)CN1CCC(CC)(C(=O)O)C1. The average Bonchev–Trinajstić information content (AvgIpc) is 2.73.